The van der Waals surface area contributed by atoms with Gasteiger partial charge in [-0.05, 0) is 37.2 Å². The Morgan fingerprint density at radius 2 is 1.95 bits per heavy atom. The third kappa shape index (κ3) is 4.57. The Morgan fingerprint density at radius 1 is 1.24 bits per heavy atom. The molecule has 0 saturated carbocycles. The molecule has 0 aromatic heterocycles. The third-order valence-corrected chi connectivity index (χ3v) is 4.27. The van der Waals surface area contributed by atoms with Gasteiger partial charge in [-0.15, -0.1) is 0 Å². The Bertz CT molecular complexity index is 479. The lowest BCUT2D eigenvalue weighted by atomic mass is 10.1. The van der Waals surface area contributed by atoms with Gasteiger partial charge in [-0.3, -0.25) is 9.80 Å². The van der Waals surface area contributed by atoms with E-state index >= 15 is 0 Å². The average Bonchev–Trinajstić information content (AvgIpc) is 2.96. The second-order valence-corrected chi connectivity index (χ2v) is 5.60. The summed E-state index contributed by atoms with van der Waals surface area (Å²) in [6.07, 6.45) is 1.29. The zero-order valence-corrected chi connectivity index (χ0v) is 13.3. The predicted octanol–water partition coefficient (Wildman–Crippen LogP) is 1.91. The average molecular weight is 285 g/mol. The van der Waals surface area contributed by atoms with E-state index < -0.39 is 0 Å². The van der Waals surface area contributed by atoms with Crippen molar-refractivity contribution in [2.45, 2.75) is 32.9 Å². The van der Waals surface area contributed by atoms with E-state index in [-0.39, 0.29) is 0 Å². The van der Waals surface area contributed by atoms with Gasteiger partial charge in [0.15, 0.2) is 0 Å². The molecular weight excluding hydrogens is 258 g/mol. The SMILES string of the molecule is CCN(CC)C1CCN(Cc2ccc(C#CCN)cc2)C1. The minimum absolute atomic E-state index is 0.419. The zero-order chi connectivity index (χ0) is 15.1. The molecule has 2 N–H and O–H groups in total. The predicted molar refractivity (Wildman–Crippen MR) is 89.0 cm³/mol. The van der Waals surface area contributed by atoms with Crippen molar-refractivity contribution in [1.29, 1.82) is 0 Å². The second kappa shape index (κ2) is 8.19. The fraction of sp³-hybridized carbons (Fsp3) is 0.556. The van der Waals surface area contributed by atoms with Crippen LogP contribution in [-0.2, 0) is 6.54 Å². The molecule has 0 spiro atoms. The Hall–Kier alpha value is -1.34. The molecule has 1 heterocycles. The molecule has 1 unspecified atom stereocenters. The summed E-state index contributed by atoms with van der Waals surface area (Å²) in [5, 5.41) is 0. The van der Waals surface area contributed by atoms with Crippen molar-refractivity contribution < 1.29 is 0 Å². The molecule has 0 radical (unpaired) electrons. The van der Waals surface area contributed by atoms with Gasteiger partial charge in [-0.25, -0.2) is 0 Å². The molecular formula is C18H27N3. The molecule has 1 fully saturated rings. The van der Waals surface area contributed by atoms with Gasteiger partial charge in [0.1, 0.15) is 0 Å². The summed E-state index contributed by atoms with van der Waals surface area (Å²) >= 11 is 0. The van der Waals surface area contributed by atoms with Crippen molar-refractivity contribution in [3.8, 4) is 11.8 Å². The second-order valence-electron chi connectivity index (χ2n) is 5.60. The lowest BCUT2D eigenvalue weighted by Gasteiger charge is -2.26. The van der Waals surface area contributed by atoms with Gasteiger partial charge in [0.2, 0.25) is 0 Å². The molecule has 3 nitrogen and oxygen atoms in total. The highest BCUT2D eigenvalue weighted by atomic mass is 15.2. The van der Waals surface area contributed by atoms with Crippen LogP contribution in [0.5, 0.6) is 0 Å². The summed E-state index contributed by atoms with van der Waals surface area (Å²) < 4.78 is 0. The monoisotopic (exact) mass is 285 g/mol. The molecule has 1 aromatic carbocycles. The summed E-state index contributed by atoms with van der Waals surface area (Å²) in [6, 6.07) is 9.29. The molecule has 114 valence electrons. The van der Waals surface area contributed by atoms with Crippen molar-refractivity contribution >= 4 is 0 Å². The smallest absolute Gasteiger partial charge is 0.0555 e. The zero-order valence-electron chi connectivity index (χ0n) is 13.3. The van der Waals surface area contributed by atoms with Crippen molar-refractivity contribution in [1.82, 2.24) is 9.80 Å². The van der Waals surface area contributed by atoms with Crippen LogP contribution >= 0.6 is 0 Å². The van der Waals surface area contributed by atoms with Gasteiger partial charge in [0.25, 0.3) is 0 Å². The molecule has 21 heavy (non-hydrogen) atoms. The molecule has 1 aromatic rings. The Kier molecular flexibility index (Phi) is 6.25. The van der Waals surface area contributed by atoms with Gasteiger partial charge < -0.3 is 5.73 Å². The number of rotatable bonds is 5. The number of hydrogen-bond acceptors (Lipinski definition) is 3. The minimum Gasteiger partial charge on any atom is -0.320 e. The van der Waals surface area contributed by atoms with Crippen LogP contribution in [0.2, 0.25) is 0 Å². The Morgan fingerprint density at radius 3 is 2.57 bits per heavy atom. The van der Waals surface area contributed by atoms with Crippen LogP contribution in [0.1, 0.15) is 31.4 Å². The first-order chi connectivity index (χ1) is 10.3. The minimum atomic E-state index is 0.419. The first-order valence-electron chi connectivity index (χ1n) is 8.01. The Balaban J connectivity index is 1.88. The standard InChI is InChI=1S/C18H27N3/c1-3-21(4-2)18-11-13-20(15-18)14-17-9-7-16(8-10-17)6-5-12-19/h7-10,18H,3-4,11-15,19H2,1-2H3. The topological polar surface area (TPSA) is 32.5 Å². The summed E-state index contributed by atoms with van der Waals surface area (Å²) in [5.41, 5.74) is 7.81. The molecule has 0 aliphatic carbocycles. The number of nitrogens with two attached hydrogens (primary N) is 1. The van der Waals surface area contributed by atoms with Crippen molar-refractivity contribution in [2.24, 2.45) is 5.73 Å². The van der Waals surface area contributed by atoms with Crippen LogP contribution < -0.4 is 5.73 Å². The maximum Gasteiger partial charge on any atom is 0.0555 e. The van der Waals surface area contributed by atoms with E-state index in [1.165, 1.54) is 25.1 Å². The fourth-order valence-electron chi connectivity index (χ4n) is 3.10. The van der Waals surface area contributed by atoms with Crippen LogP contribution in [0.4, 0.5) is 0 Å². The van der Waals surface area contributed by atoms with E-state index in [0.717, 1.165) is 31.2 Å². The summed E-state index contributed by atoms with van der Waals surface area (Å²) in [7, 11) is 0. The van der Waals surface area contributed by atoms with Crippen LogP contribution in [0.25, 0.3) is 0 Å². The highest BCUT2D eigenvalue weighted by Gasteiger charge is 2.25. The van der Waals surface area contributed by atoms with Crippen LogP contribution in [0.15, 0.2) is 24.3 Å². The number of nitrogens with zero attached hydrogens (tertiary/aromatic N) is 2. The van der Waals surface area contributed by atoms with Gasteiger partial charge in [0.05, 0.1) is 6.54 Å². The quantitative estimate of drug-likeness (QED) is 0.839. The number of hydrogen-bond donors (Lipinski definition) is 1. The molecule has 2 rings (SSSR count). The molecule has 1 atom stereocenters. The largest absolute Gasteiger partial charge is 0.320 e. The maximum atomic E-state index is 5.39. The molecule has 0 amide bonds. The van der Waals surface area contributed by atoms with Crippen molar-refractivity contribution in [3.63, 3.8) is 0 Å². The lowest BCUT2D eigenvalue weighted by Crippen LogP contribution is -2.37. The number of benzene rings is 1. The van der Waals surface area contributed by atoms with E-state index in [9.17, 15) is 0 Å². The first-order valence-corrected chi connectivity index (χ1v) is 8.01. The molecule has 3 heteroatoms. The number of likely N-dealkylation sites (N-methyl/N-ethyl adjacent to an activating group) is 1. The van der Waals surface area contributed by atoms with E-state index in [2.05, 4.69) is 59.8 Å². The third-order valence-electron chi connectivity index (χ3n) is 4.27. The Labute approximate surface area is 129 Å². The molecule has 0 bridgehead atoms. The van der Waals surface area contributed by atoms with Crippen LogP contribution in [0, 0.1) is 11.8 Å². The van der Waals surface area contributed by atoms with E-state index in [1.54, 1.807) is 0 Å². The van der Waals surface area contributed by atoms with E-state index in [0.29, 0.717) is 6.54 Å². The van der Waals surface area contributed by atoms with Crippen molar-refractivity contribution in [3.05, 3.63) is 35.4 Å². The molecule has 1 aliphatic rings. The van der Waals surface area contributed by atoms with E-state index in [4.69, 9.17) is 5.73 Å². The lowest BCUT2D eigenvalue weighted by molar-refractivity contribution is 0.209. The van der Waals surface area contributed by atoms with Gasteiger partial charge in [0, 0.05) is 31.2 Å². The fourth-order valence-corrected chi connectivity index (χ4v) is 3.10. The normalized spacial score (nSPS) is 18.8. The molecule has 1 saturated heterocycles. The highest BCUT2D eigenvalue weighted by Crippen LogP contribution is 2.18. The van der Waals surface area contributed by atoms with Crippen molar-refractivity contribution in [2.75, 3.05) is 32.7 Å². The summed E-state index contributed by atoms with van der Waals surface area (Å²) in [4.78, 5) is 5.13. The van der Waals surface area contributed by atoms with Crippen LogP contribution in [-0.4, -0.2) is 48.6 Å². The van der Waals surface area contributed by atoms with E-state index in [1.807, 2.05) is 0 Å². The van der Waals surface area contributed by atoms with Gasteiger partial charge in [-0.1, -0.05) is 37.8 Å². The number of likely N-dealkylation sites (tertiary alicyclic amines) is 1. The maximum absolute atomic E-state index is 5.39. The first kappa shape index (κ1) is 16.0. The molecule has 1 aliphatic heterocycles. The van der Waals surface area contributed by atoms with Gasteiger partial charge in [-0.2, -0.15) is 0 Å². The van der Waals surface area contributed by atoms with Gasteiger partial charge >= 0.3 is 0 Å². The van der Waals surface area contributed by atoms with Crippen LogP contribution in [0.3, 0.4) is 0 Å². The highest BCUT2D eigenvalue weighted by molar-refractivity contribution is 5.36. The summed E-state index contributed by atoms with van der Waals surface area (Å²) in [6.45, 7) is 10.7. The summed E-state index contributed by atoms with van der Waals surface area (Å²) in [5.74, 6) is 5.96.